The second-order valence-corrected chi connectivity index (χ2v) is 4.81. The maximum Gasteiger partial charge on any atom is 0.255 e. The highest BCUT2D eigenvalue weighted by Gasteiger charge is 2.27. The molecule has 0 aliphatic carbocycles. The molecule has 0 unspecified atom stereocenters. The molecular formula is C13H17FN2O3. The zero-order chi connectivity index (χ0) is 14.6. The average molecular weight is 268 g/mol. The van der Waals surface area contributed by atoms with E-state index in [1.165, 1.54) is 7.05 Å². The zero-order valence-electron chi connectivity index (χ0n) is 11.1. The summed E-state index contributed by atoms with van der Waals surface area (Å²) in [5, 5.41) is 14.5. The molecule has 5 nitrogen and oxygen atoms in total. The van der Waals surface area contributed by atoms with Crippen LogP contribution >= 0.6 is 0 Å². The molecular weight excluding hydrogens is 251 g/mol. The summed E-state index contributed by atoms with van der Waals surface area (Å²) < 4.78 is 13.0. The van der Waals surface area contributed by atoms with Crippen molar-refractivity contribution in [1.82, 2.24) is 10.6 Å². The van der Waals surface area contributed by atoms with Gasteiger partial charge in [-0.25, -0.2) is 4.39 Å². The van der Waals surface area contributed by atoms with Crippen molar-refractivity contribution in [2.45, 2.75) is 13.8 Å². The summed E-state index contributed by atoms with van der Waals surface area (Å²) in [6.45, 7) is 3.40. The summed E-state index contributed by atoms with van der Waals surface area (Å²) in [7, 11) is 1.50. The molecule has 2 amide bonds. The van der Waals surface area contributed by atoms with Crippen LogP contribution in [0.4, 0.5) is 4.39 Å². The van der Waals surface area contributed by atoms with E-state index in [1.54, 1.807) is 13.8 Å². The lowest BCUT2D eigenvalue weighted by molar-refractivity contribution is -0.128. The number of phenolic OH excluding ortho intramolecular Hbond substituents is 1. The molecule has 0 aromatic heterocycles. The highest BCUT2D eigenvalue weighted by atomic mass is 19.1. The maximum absolute atomic E-state index is 13.0. The molecule has 0 bridgehead atoms. The van der Waals surface area contributed by atoms with Crippen molar-refractivity contribution in [3.05, 3.63) is 29.6 Å². The Morgan fingerprint density at radius 2 is 2.00 bits per heavy atom. The third-order valence-electron chi connectivity index (χ3n) is 2.74. The van der Waals surface area contributed by atoms with Gasteiger partial charge in [-0.2, -0.15) is 0 Å². The molecule has 0 saturated carbocycles. The molecule has 19 heavy (non-hydrogen) atoms. The van der Waals surface area contributed by atoms with Gasteiger partial charge in [0.15, 0.2) is 0 Å². The molecule has 1 aromatic rings. The fourth-order valence-corrected chi connectivity index (χ4v) is 1.51. The summed E-state index contributed by atoms with van der Waals surface area (Å²) in [5.41, 5.74) is -0.958. The minimum absolute atomic E-state index is 0.0709. The highest BCUT2D eigenvalue weighted by molar-refractivity contribution is 5.97. The van der Waals surface area contributed by atoms with E-state index in [4.69, 9.17) is 0 Å². The number of hydrogen-bond acceptors (Lipinski definition) is 3. The van der Waals surface area contributed by atoms with Gasteiger partial charge in [0, 0.05) is 13.6 Å². The van der Waals surface area contributed by atoms with Gasteiger partial charge in [-0.1, -0.05) is 0 Å². The van der Waals surface area contributed by atoms with Gasteiger partial charge in [0.25, 0.3) is 5.91 Å². The number of benzene rings is 1. The first kappa shape index (κ1) is 14.9. The van der Waals surface area contributed by atoms with E-state index in [1.807, 2.05) is 0 Å². The Morgan fingerprint density at radius 1 is 1.37 bits per heavy atom. The molecule has 104 valence electrons. The minimum atomic E-state index is -0.798. The lowest BCUT2D eigenvalue weighted by Crippen LogP contribution is -2.43. The fourth-order valence-electron chi connectivity index (χ4n) is 1.51. The Labute approximate surface area is 110 Å². The van der Waals surface area contributed by atoms with Crippen LogP contribution in [-0.4, -0.2) is 30.5 Å². The van der Waals surface area contributed by atoms with Crippen LogP contribution in [0.3, 0.4) is 0 Å². The van der Waals surface area contributed by atoms with Crippen molar-refractivity contribution in [3.63, 3.8) is 0 Å². The molecule has 0 fully saturated rings. The summed E-state index contributed by atoms with van der Waals surface area (Å²) in [6, 6.07) is 3.10. The first-order valence-electron chi connectivity index (χ1n) is 5.77. The van der Waals surface area contributed by atoms with Crippen LogP contribution in [0.15, 0.2) is 18.2 Å². The lowest BCUT2D eigenvalue weighted by atomic mass is 9.92. The zero-order valence-corrected chi connectivity index (χ0v) is 11.1. The summed E-state index contributed by atoms with van der Waals surface area (Å²) >= 11 is 0. The topological polar surface area (TPSA) is 78.4 Å². The molecule has 1 aromatic carbocycles. The number of amides is 2. The second-order valence-electron chi connectivity index (χ2n) is 4.81. The summed E-state index contributed by atoms with van der Waals surface area (Å²) in [6.07, 6.45) is 0. The molecule has 0 heterocycles. The van der Waals surface area contributed by atoms with E-state index < -0.39 is 17.1 Å². The van der Waals surface area contributed by atoms with Gasteiger partial charge in [0.2, 0.25) is 5.91 Å². The first-order valence-corrected chi connectivity index (χ1v) is 5.77. The molecule has 0 aliphatic rings. The van der Waals surface area contributed by atoms with Crippen LogP contribution in [0.25, 0.3) is 0 Å². The smallest absolute Gasteiger partial charge is 0.255 e. The highest BCUT2D eigenvalue weighted by Crippen LogP contribution is 2.19. The Bertz CT molecular complexity index is 501. The van der Waals surface area contributed by atoms with Crippen molar-refractivity contribution in [2.75, 3.05) is 13.6 Å². The van der Waals surface area contributed by atoms with Gasteiger partial charge in [-0.05, 0) is 32.0 Å². The van der Waals surface area contributed by atoms with E-state index in [9.17, 15) is 19.1 Å². The third-order valence-corrected chi connectivity index (χ3v) is 2.74. The van der Waals surface area contributed by atoms with Crippen molar-refractivity contribution in [1.29, 1.82) is 0 Å². The number of carbonyl (C=O) groups is 2. The number of aromatic hydroxyl groups is 1. The molecule has 0 saturated heterocycles. The lowest BCUT2D eigenvalue weighted by Gasteiger charge is -2.22. The summed E-state index contributed by atoms with van der Waals surface area (Å²) in [5.74, 6) is -1.78. The number of hydrogen-bond donors (Lipinski definition) is 3. The number of halogens is 1. The standard InChI is InChI=1S/C13H17FN2O3/c1-13(2,12(19)15-3)7-16-11(18)9-6-8(14)4-5-10(9)17/h4-6,17H,7H2,1-3H3,(H,15,19)(H,16,18). The van der Waals surface area contributed by atoms with E-state index >= 15 is 0 Å². The largest absolute Gasteiger partial charge is 0.507 e. The molecule has 6 heteroatoms. The Balaban J connectivity index is 2.76. The molecule has 0 aliphatic heterocycles. The van der Waals surface area contributed by atoms with Gasteiger partial charge in [-0.15, -0.1) is 0 Å². The molecule has 0 atom stereocenters. The van der Waals surface area contributed by atoms with Crippen LogP contribution in [0.2, 0.25) is 0 Å². The molecule has 0 radical (unpaired) electrons. The van der Waals surface area contributed by atoms with Crippen LogP contribution < -0.4 is 10.6 Å². The minimum Gasteiger partial charge on any atom is -0.507 e. The van der Waals surface area contributed by atoms with E-state index in [0.717, 1.165) is 18.2 Å². The summed E-state index contributed by atoms with van der Waals surface area (Å²) in [4.78, 5) is 23.3. The van der Waals surface area contributed by atoms with Crippen LogP contribution in [0, 0.1) is 11.2 Å². The average Bonchev–Trinajstić information content (AvgIpc) is 2.37. The van der Waals surface area contributed by atoms with Gasteiger partial charge in [0.05, 0.1) is 11.0 Å². The fraction of sp³-hybridized carbons (Fsp3) is 0.385. The normalized spacial score (nSPS) is 10.9. The molecule has 0 spiro atoms. The van der Waals surface area contributed by atoms with E-state index in [0.29, 0.717) is 0 Å². The van der Waals surface area contributed by atoms with E-state index in [2.05, 4.69) is 10.6 Å². The second kappa shape index (κ2) is 5.69. The molecule has 1 rings (SSSR count). The first-order chi connectivity index (χ1) is 8.77. The van der Waals surface area contributed by atoms with Gasteiger partial charge < -0.3 is 15.7 Å². The number of rotatable bonds is 4. The molecule has 3 N–H and O–H groups in total. The van der Waals surface area contributed by atoms with Crippen molar-refractivity contribution >= 4 is 11.8 Å². The number of carbonyl (C=O) groups excluding carboxylic acids is 2. The predicted octanol–water partition coefficient (Wildman–Crippen LogP) is 1.03. The van der Waals surface area contributed by atoms with Crippen LogP contribution in [0.5, 0.6) is 5.75 Å². The SMILES string of the molecule is CNC(=O)C(C)(C)CNC(=O)c1cc(F)ccc1O. The van der Waals surface area contributed by atoms with Crippen molar-refractivity contribution in [3.8, 4) is 5.75 Å². The predicted molar refractivity (Wildman–Crippen MR) is 68.2 cm³/mol. The van der Waals surface area contributed by atoms with Gasteiger partial charge in [-0.3, -0.25) is 9.59 Å². The van der Waals surface area contributed by atoms with Crippen LogP contribution in [0.1, 0.15) is 24.2 Å². The van der Waals surface area contributed by atoms with Gasteiger partial charge in [0.1, 0.15) is 11.6 Å². The number of nitrogens with one attached hydrogen (secondary N) is 2. The maximum atomic E-state index is 13.0. The Hall–Kier alpha value is -2.11. The van der Waals surface area contributed by atoms with Crippen LogP contribution in [-0.2, 0) is 4.79 Å². The van der Waals surface area contributed by atoms with E-state index in [-0.39, 0.29) is 23.8 Å². The Kier molecular flexibility index (Phi) is 4.47. The van der Waals surface area contributed by atoms with Crippen molar-refractivity contribution in [2.24, 2.45) is 5.41 Å². The van der Waals surface area contributed by atoms with Crippen molar-refractivity contribution < 1.29 is 19.1 Å². The quantitative estimate of drug-likeness (QED) is 0.763. The Morgan fingerprint density at radius 3 is 2.58 bits per heavy atom. The monoisotopic (exact) mass is 268 g/mol. The van der Waals surface area contributed by atoms with Gasteiger partial charge >= 0.3 is 0 Å². The number of phenols is 1. The third kappa shape index (κ3) is 3.67.